The molecular formula is C24H26N2O3S. The molecule has 1 atom stereocenters. The quantitative estimate of drug-likeness (QED) is 0.542. The van der Waals surface area contributed by atoms with Crippen molar-refractivity contribution >= 4 is 33.2 Å². The number of carbonyl (C=O) groups excluding carboxylic acids is 2. The van der Waals surface area contributed by atoms with E-state index in [1.165, 1.54) is 0 Å². The van der Waals surface area contributed by atoms with E-state index in [2.05, 4.69) is 11.1 Å². The van der Waals surface area contributed by atoms with Crippen LogP contribution in [0.1, 0.15) is 40.2 Å². The summed E-state index contributed by atoms with van der Waals surface area (Å²) in [6, 6.07) is 13.6. The number of para-hydroxylation sites is 1. The van der Waals surface area contributed by atoms with E-state index < -0.39 is 0 Å². The van der Waals surface area contributed by atoms with Gasteiger partial charge < -0.3 is 9.64 Å². The zero-order chi connectivity index (χ0) is 21.1. The Morgan fingerprint density at radius 3 is 2.83 bits per heavy atom. The Hall–Kier alpha value is -2.73. The zero-order valence-electron chi connectivity index (χ0n) is 17.4. The number of fused-ring (bicyclic) bond motifs is 1. The van der Waals surface area contributed by atoms with Crippen LogP contribution >= 0.6 is 11.3 Å². The molecule has 30 heavy (non-hydrogen) atoms. The lowest BCUT2D eigenvalue weighted by Crippen LogP contribution is -2.42. The molecule has 156 valence electrons. The van der Waals surface area contributed by atoms with Crippen LogP contribution in [0.2, 0.25) is 0 Å². The summed E-state index contributed by atoms with van der Waals surface area (Å²) in [5, 5.41) is 0.989. The lowest BCUT2D eigenvalue weighted by molar-refractivity contribution is -0.132. The topological polar surface area (TPSA) is 59.5 Å². The highest BCUT2D eigenvalue weighted by atomic mass is 32.1. The van der Waals surface area contributed by atoms with Crippen LogP contribution in [0, 0.1) is 12.8 Å². The normalized spacial score (nSPS) is 16.6. The first-order chi connectivity index (χ1) is 14.5. The first kappa shape index (κ1) is 20.5. The van der Waals surface area contributed by atoms with Crippen LogP contribution < -0.4 is 4.74 Å². The number of hydrogen-bond acceptors (Lipinski definition) is 5. The van der Waals surface area contributed by atoms with Gasteiger partial charge in [0.1, 0.15) is 5.75 Å². The predicted molar refractivity (Wildman–Crippen MR) is 119 cm³/mol. The second-order valence-corrected chi connectivity index (χ2v) is 8.91. The molecule has 5 nitrogen and oxygen atoms in total. The van der Waals surface area contributed by atoms with Crippen molar-refractivity contribution in [2.24, 2.45) is 5.92 Å². The molecule has 0 N–H and O–H groups in total. The summed E-state index contributed by atoms with van der Waals surface area (Å²) >= 11 is 1.65. The third kappa shape index (κ3) is 4.38. The molecule has 0 aliphatic carbocycles. The fourth-order valence-electron chi connectivity index (χ4n) is 4.08. The van der Waals surface area contributed by atoms with Gasteiger partial charge in [0.2, 0.25) is 5.91 Å². The number of carbonyl (C=O) groups is 2. The van der Waals surface area contributed by atoms with Crippen molar-refractivity contribution in [2.45, 2.75) is 32.6 Å². The maximum atomic E-state index is 13.1. The minimum atomic E-state index is -0.141. The Bertz CT molecular complexity index is 1040. The Balaban J connectivity index is 1.38. The average Bonchev–Trinajstić information content (AvgIpc) is 3.20. The monoisotopic (exact) mass is 422 g/mol. The highest BCUT2D eigenvalue weighted by Gasteiger charge is 2.29. The van der Waals surface area contributed by atoms with E-state index in [9.17, 15) is 9.59 Å². The molecule has 1 saturated heterocycles. The van der Waals surface area contributed by atoms with E-state index in [4.69, 9.17) is 4.74 Å². The molecular weight excluding hydrogens is 396 g/mol. The number of aromatic nitrogens is 1. The largest absolute Gasteiger partial charge is 0.497 e. The summed E-state index contributed by atoms with van der Waals surface area (Å²) in [6.07, 6.45) is 2.76. The smallest absolute Gasteiger partial charge is 0.223 e. The van der Waals surface area contributed by atoms with Crippen molar-refractivity contribution in [3.8, 4) is 5.75 Å². The molecule has 1 aromatic heterocycles. The van der Waals surface area contributed by atoms with Gasteiger partial charge in [-0.3, -0.25) is 9.59 Å². The van der Waals surface area contributed by atoms with E-state index >= 15 is 0 Å². The van der Waals surface area contributed by atoms with Crippen molar-refractivity contribution in [3.63, 3.8) is 0 Å². The standard InChI is InChI=1S/C24H26N2O3S/c1-16-14-18(29-2)9-10-19(16)24(28)17-6-5-13-26(15-17)23(27)12-11-22-25-20-7-3-4-8-21(20)30-22/h3-4,7-10,14,17H,5-6,11-13,15H2,1-2H3/t17-/m0/s1. The van der Waals surface area contributed by atoms with Gasteiger partial charge in [0.15, 0.2) is 5.78 Å². The number of aryl methyl sites for hydroxylation is 2. The van der Waals surface area contributed by atoms with E-state index in [-0.39, 0.29) is 17.6 Å². The lowest BCUT2D eigenvalue weighted by atomic mass is 9.88. The Morgan fingerprint density at radius 1 is 1.23 bits per heavy atom. The number of nitrogens with zero attached hydrogens (tertiary/aromatic N) is 2. The van der Waals surface area contributed by atoms with E-state index in [1.54, 1.807) is 18.4 Å². The summed E-state index contributed by atoms with van der Waals surface area (Å²) in [4.78, 5) is 32.4. The summed E-state index contributed by atoms with van der Waals surface area (Å²) in [7, 11) is 1.62. The Kier molecular flexibility index (Phi) is 6.13. The van der Waals surface area contributed by atoms with E-state index in [0.29, 0.717) is 19.4 Å². The average molecular weight is 423 g/mol. The molecule has 0 bridgehead atoms. The van der Waals surface area contributed by atoms with Crippen molar-refractivity contribution in [3.05, 3.63) is 58.6 Å². The predicted octanol–water partition coefficient (Wildman–Crippen LogP) is 4.67. The van der Waals surface area contributed by atoms with Crippen LogP contribution in [0.25, 0.3) is 10.2 Å². The van der Waals surface area contributed by atoms with Gasteiger partial charge in [-0.1, -0.05) is 12.1 Å². The molecule has 4 rings (SSSR count). The second kappa shape index (κ2) is 8.96. The molecule has 2 aromatic carbocycles. The number of ketones is 1. The summed E-state index contributed by atoms with van der Waals surface area (Å²) in [6.45, 7) is 3.16. The first-order valence-electron chi connectivity index (χ1n) is 10.4. The number of hydrogen-bond donors (Lipinski definition) is 0. The SMILES string of the molecule is COc1ccc(C(=O)[C@H]2CCCN(C(=O)CCc3nc4ccccc4s3)C2)c(C)c1. The van der Waals surface area contributed by atoms with Gasteiger partial charge in [0.05, 0.1) is 22.3 Å². The molecule has 0 saturated carbocycles. The first-order valence-corrected chi connectivity index (χ1v) is 11.2. The number of methoxy groups -OCH3 is 1. The van der Waals surface area contributed by atoms with E-state index in [1.807, 2.05) is 48.2 Å². The van der Waals surface area contributed by atoms with Crippen LogP contribution in [0.4, 0.5) is 0 Å². The molecule has 0 spiro atoms. The Labute approximate surface area is 180 Å². The maximum absolute atomic E-state index is 13.1. The van der Waals surface area contributed by atoms with Gasteiger partial charge in [0.25, 0.3) is 0 Å². The van der Waals surface area contributed by atoms with Gasteiger partial charge in [-0.15, -0.1) is 11.3 Å². The molecule has 1 aliphatic heterocycles. The van der Waals surface area contributed by atoms with Gasteiger partial charge in [0, 0.05) is 37.4 Å². The van der Waals surface area contributed by atoms with Crippen molar-refractivity contribution in [1.29, 1.82) is 0 Å². The summed E-state index contributed by atoms with van der Waals surface area (Å²) < 4.78 is 6.39. The molecule has 6 heteroatoms. The molecule has 0 unspecified atom stereocenters. The molecule has 0 radical (unpaired) electrons. The number of amides is 1. The second-order valence-electron chi connectivity index (χ2n) is 7.80. The third-order valence-corrected chi connectivity index (χ3v) is 6.83. The van der Waals surface area contributed by atoms with Crippen molar-refractivity contribution < 1.29 is 14.3 Å². The number of piperidine rings is 1. The molecule has 1 fully saturated rings. The number of ether oxygens (including phenoxy) is 1. The van der Waals surface area contributed by atoms with E-state index in [0.717, 1.165) is 51.5 Å². The number of Topliss-reactive ketones (excluding diaryl/α,β-unsaturated/α-hetero) is 1. The Morgan fingerprint density at radius 2 is 2.07 bits per heavy atom. The minimum Gasteiger partial charge on any atom is -0.497 e. The number of thiazole rings is 1. The zero-order valence-corrected chi connectivity index (χ0v) is 18.2. The fourth-order valence-corrected chi connectivity index (χ4v) is 5.04. The molecule has 1 amide bonds. The lowest BCUT2D eigenvalue weighted by Gasteiger charge is -2.32. The van der Waals surface area contributed by atoms with Crippen molar-refractivity contribution in [2.75, 3.05) is 20.2 Å². The van der Waals surface area contributed by atoms with Gasteiger partial charge in [-0.05, 0) is 55.7 Å². The fraction of sp³-hybridized carbons (Fsp3) is 0.375. The third-order valence-electron chi connectivity index (χ3n) is 5.73. The number of likely N-dealkylation sites (tertiary alicyclic amines) is 1. The summed E-state index contributed by atoms with van der Waals surface area (Å²) in [5.74, 6) is 0.841. The highest BCUT2D eigenvalue weighted by molar-refractivity contribution is 7.18. The van der Waals surface area contributed by atoms with Crippen LogP contribution in [0.3, 0.4) is 0 Å². The number of benzene rings is 2. The summed E-state index contributed by atoms with van der Waals surface area (Å²) in [5.41, 5.74) is 2.63. The molecule has 3 aromatic rings. The van der Waals surface area contributed by atoms with Crippen LogP contribution in [0.5, 0.6) is 5.75 Å². The minimum absolute atomic E-state index is 0.109. The number of rotatable bonds is 6. The van der Waals surface area contributed by atoms with Gasteiger partial charge in [-0.25, -0.2) is 4.98 Å². The van der Waals surface area contributed by atoms with Crippen molar-refractivity contribution in [1.82, 2.24) is 9.88 Å². The molecule has 1 aliphatic rings. The van der Waals surface area contributed by atoms with Gasteiger partial charge >= 0.3 is 0 Å². The maximum Gasteiger partial charge on any atom is 0.223 e. The highest BCUT2D eigenvalue weighted by Crippen LogP contribution is 2.26. The van der Waals surface area contributed by atoms with Crippen LogP contribution in [-0.2, 0) is 11.2 Å². The molecule has 2 heterocycles. The van der Waals surface area contributed by atoms with Gasteiger partial charge in [-0.2, -0.15) is 0 Å². The van der Waals surface area contributed by atoms with Crippen LogP contribution in [0.15, 0.2) is 42.5 Å². The van der Waals surface area contributed by atoms with Crippen LogP contribution in [-0.4, -0.2) is 41.8 Å².